The number of hydrogen-bond acceptors (Lipinski definition) is 4. The maximum absolute atomic E-state index is 12.7. The highest BCUT2D eigenvalue weighted by molar-refractivity contribution is 6.28. The normalized spacial score (nSPS) is 11.5. The Hall–Kier alpha value is -1.89. The van der Waals surface area contributed by atoms with Crippen molar-refractivity contribution in [3.63, 3.8) is 0 Å². The van der Waals surface area contributed by atoms with Gasteiger partial charge in [-0.05, 0) is 23.7 Å². The van der Waals surface area contributed by atoms with Crippen LogP contribution < -0.4 is 4.90 Å². The van der Waals surface area contributed by atoms with Gasteiger partial charge in [0.1, 0.15) is 0 Å². The SMILES string of the molecule is CN(C)c1nc(Cl)nc(-c2cccc(C(F)(F)F)c2)n1. The van der Waals surface area contributed by atoms with Crippen LogP contribution in [0.1, 0.15) is 5.56 Å². The molecule has 1 heterocycles. The molecule has 106 valence electrons. The first-order valence-electron chi connectivity index (χ1n) is 5.54. The second kappa shape index (κ2) is 5.24. The van der Waals surface area contributed by atoms with Crippen LogP contribution >= 0.6 is 11.6 Å². The van der Waals surface area contributed by atoms with Crippen molar-refractivity contribution in [2.75, 3.05) is 19.0 Å². The molecule has 0 amide bonds. The van der Waals surface area contributed by atoms with Gasteiger partial charge in [0, 0.05) is 19.7 Å². The molecule has 0 radical (unpaired) electrons. The van der Waals surface area contributed by atoms with E-state index in [2.05, 4.69) is 15.0 Å². The van der Waals surface area contributed by atoms with Gasteiger partial charge in [-0.2, -0.15) is 28.1 Å². The number of anilines is 1. The van der Waals surface area contributed by atoms with Crippen LogP contribution in [-0.2, 0) is 6.18 Å². The summed E-state index contributed by atoms with van der Waals surface area (Å²) in [5, 5.41) is -0.0730. The Morgan fingerprint density at radius 2 is 1.80 bits per heavy atom. The van der Waals surface area contributed by atoms with E-state index in [1.807, 2.05) is 0 Å². The summed E-state index contributed by atoms with van der Waals surface area (Å²) >= 11 is 5.76. The zero-order chi connectivity index (χ0) is 14.9. The summed E-state index contributed by atoms with van der Waals surface area (Å²) in [6.45, 7) is 0. The van der Waals surface area contributed by atoms with Gasteiger partial charge in [-0.25, -0.2) is 0 Å². The van der Waals surface area contributed by atoms with Crippen molar-refractivity contribution >= 4 is 17.5 Å². The Kier molecular flexibility index (Phi) is 3.80. The first-order chi connectivity index (χ1) is 9.27. The average molecular weight is 303 g/mol. The molecule has 0 aliphatic carbocycles. The van der Waals surface area contributed by atoms with Crippen LogP contribution in [0.4, 0.5) is 19.1 Å². The Balaban J connectivity index is 2.51. The lowest BCUT2D eigenvalue weighted by molar-refractivity contribution is -0.137. The number of aromatic nitrogens is 3. The summed E-state index contributed by atoms with van der Waals surface area (Å²) in [7, 11) is 3.39. The van der Waals surface area contributed by atoms with Crippen LogP contribution in [0.25, 0.3) is 11.4 Å². The first-order valence-corrected chi connectivity index (χ1v) is 5.91. The predicted molar refractivity (Wildman–Crippen MR) is 69.6 cm³/mol. The maximum atomic E-state index is 12.7. The third-order valence-electron chi connectivity index (χ3n) is 2.44. The van der Waals surface area contributed by atoms with Crippen molar-refractivity contribution in [1.82, 2.24) is 15.0 Å². The fraction of sp³-hybridized carbons (Fsp3) is 0.250. The zero-order valence-corrected chi connectivity index (χ0v) is 11.4. The van der Waals surface area contributed by atoms with E-state index < -0.39 is 11.7 Å². The number of nitrogens with zero attached hydrogens (tertiary/aromatic N) is 4. The molecule has 1 aromatic carbocycles. The van der Waals surface area contributed by atoms with E-state index in [1.54, 1.807) is 19.0 Å². The molecule has 0 aliphatic heterocycles. The Bertz CT molecular complexity index is 628. The van der Waals surface area contributed by atoms with Crippen LogP contribution in [0, 0.1) is 0 Å². The van der Waals surface area contributed by atoms with Crippen molar-refractivity contribution in [3.8, 4) is 11.4 Å². The van der Waals surface area contributed by atoms with Gasteiger partial charge in [0.2, 0.25) is 11.2 Å². The lowest BCUT2D eigenvalue weighted by Gasteiger charge is -2.12. The smallest absolute Gasteiger partial charge is 0.347 e. The summed E-state index contributed by atoms with van der Waals surface area (Å²) in [6.07, 6.45) is -4.42. The standard InChI is InChI=1S/C12H10ClF3N4/c1-20(2)11-18-9(17-10(13)19-11)7-4-3-5-8(6-7)12(14,15)16/h3-6H,1-2H3. The van der Waals surface area contributed by atoms with Gasteiger partial charge >= 0.3 is 6.18 Å². The summed E-state index contributed by atoms with van der Waals surface area (Å²) in [5.41, 5.74) is -0.537. The highest BCUT2D eigenvalue weighted by atomic mass is 35.5. The molecule has 1 aromatic heterocycles. The molecule has 0 fully saturated rings. The van der Waals surface area contributed by atoms with Crippen molar-refractivity contribution in [3.05, 3.63) is 35.1 Å². The van der Waals surface area contributed by atoms with E-state index in [-0.39, 0.29) is 22.6 Å². The Morgan fingerprint density at radius 1 is 1.10 bits per heavy atom. The lowest BCUT2D eigenvalue weighted by Crippen LogP contribution is -2.14. The molecule has 0 atom stereocenters. The summed E-state index contributed by atoms with van der Waals surface area (Å²) in [4.78, 5) is 13.4. The number of hydrogen-bond donors (Lipinski definition) is 0. The predicted octanol–water partition coefficient (Wildman–Crippen LogP) is 3.28. The number of halogens is 4. The molecule has 4 nitrogen and oxygen atoms in total. The summed E-state index contributed by atoms with van der Waals surface area (Å²) in [6, 6.07) is 4.75. The van der Waals surface area contributed by atoms with Gasteiger partial charge in [-0.15, -0.1) is 0 Å². The molecule has 0 aliphatic rings. The van der Waals surface area contributed by atoms with Gasteiger partial charge in [0.15, 0.2) is 5.82 Å². The Morgan fingerprint density at radius 3 is 2.40 bits per heavy atom. The van der Waals surface area contributed by atoms with Gasteiger partial charge in [0.25, 0.3) is 0 Å². The van der Waals surface area contributed by atoms with Gasteiger partial charge in [0.05, 0.1) is 5.56 Å². The number of alkyl halides is 3. The largest absolute Gasteiger partial charge is 0.416 e. The third kappa shape index (κ3) is 3.16. The van der Waals surface area contributed by atoms with Crippen LogP contribution in [0.15, 0.2) is 24.3 Å². The van der Waals surface area contributed by atoms with E-state index in [0.29, 0.717) is 0 Å². The minimum atomic E-state index is -4.42. The molecule has 0 bridgehead atoms. The average Bonchev–Trinajstić information content (AvgIpc) is 2.37. The summed E-state index contributed by atoms with van der Waals surface area (Å²) < 4.78 is 38.0. The topological polar surface area (TPSA) is 41.9 Å². The molecular formula is C12H10ClF3N4. The molecular weight excluding hydrogens is 293 g/mol. The highest BCUT2D eigenvalue weighted by Gasteiger charge is 2.30. The third-order valence-corrected chi connectivity index (χ3v) is 2.61. The van der Waals surface area contributed by atoms with Crippen molar-refractivity contribution in [1.29, 1.82) is 0 Å². The minimum Gasteiger partial charge on any atom is -0.347 e. The van der Waals surface area contributed by atoms with E-state index in [9.17, 15) is 13.2 Å². The molecule has 20 heavy (non-hydrogen) atoms. The molecule has 0 N–H and O–H groups in total. The fourth-order valence-electron chi connectivity index (χ4n) is 1.50. The first kappa shape index (κ1) is 14.5. The van der Waals surface area contributed by atoms with Gasteiger partial charge < -0.3 is 4.90 Å². The number of benzene rings is 1. The van der Waals surface area contributed by atoms with E-state index >= 15 is 0 Å². The number of rotatable bonds is 2. The molecule has 2 rings (SSSR count). The molecule has 0 saturated carbocycles. The zero-order valence-electron chi connectivity index (χ0n) is 10.6. The molecule has 0 spiro atoms. The van der Waals surface area contributed by atoms with E-state index in [0.717, 1.165) is 12.1 Å². The monoisotopic (exact) mass is 302 g/mol. The van der Waals surface area contributed by atoms with E-state index in [4.69, 9.17) is 11.6 Å². The van der Waals surface area contributed by atoms with Gasteiger partial charge in [-0.1, -0.05) is 12.1 Å². The van der Waals surface area contributed by atoms with Crippen molar-refractivity contribution < 1.29 is 13.2 Å². The van der Waals surface area contributed by atoms with Crippen LogP contribution in [0.3, 0.4) is 0 Å². The maximum Gasteiger partial charge on any atom is 0.416 e. The summed E-state index contributed by atoms with van der Waals surface area (Å²) in [5.74, 6) is 0.372. The molecule has 0 unspecified atom stereocenters. The second-order valence-electron chi connectivity index (χ2n) is 4.20. The fourth-order valence-corrected chi connectivity index (χ4v) is 1.66. The van der Waals surface area contributed by atoms with Gasteiger partial charge in [-0.3, -0.25) is 0 Å². The molecule has 0 saturated heterocycles. The minimum absolute atomic E-state index is 0.0730. The van der Waals surface area contributed by atoms with Crippen molar-refractivity contribution in [2.24, 2.45) is 0 Å². The van der Waals surface area contributed by atoms with Crippen LogP contribution in [-0.4, -0.2) is 29.0 Å². The highest BCUT2D eigenvalue weighted by Crippen LogP contribution is 2.31. The van der Waals surface area contributed by atoms with Crippen LogP contribution in [0.2, 0.25) is 5.28 Å². The quantitative estimate of drug-likeness (QED) is 0.854. The molecule has 8 heteroatoms. The lowest BCUT2D eigenvalue weighted by atomic mass is 10.1. The van der Waals surface area contributed by atoms with E-state index in [1.165, 1.54) is 12.1 Å². The Labute approximate surface area is 118 Å². The van der Waals surface area contributed by atoms with Crippen LogP contribution in [0.5, 0.6) is 0 Å². The molecule has 2 aromatic rings. The second-order valence-corrected chi connectivity index (χ2v) is 4.54. The van der Waals surface area contributed by atoms with Crippen molar-refractivity contribution in [2.45, 2.75) is 6.18 Å².